The Balaban J connectivity index is 1.41. The van der Waals surface area contributed by atoms with Crippen molar-refractivity contribution in [1.82, 2.24) is 25.3 Å². The first-order valence-electron chi connectivity index (χ1n) is 15.6. The summed E-state index contributed by atoms with van der Waals surface area (Å²) in [6.45, 7) is 5.55. The molecule has 0 radical (unpaired) electrons. The van der Waals surface area contributed by atoms with E-state index < -0.39 is 27.7 Å². The van der Waals surface area contributed by atoms with Crippen LogP contribution in [-0.2, 0) is 24.3 Å². The van der Waals surface area contributed by atoms with Gasteiger partial charge in [0.2, 0.25) is 21.8 Å². The number of aliphatic hydroxyl groups excluding tert-OH is 1. The molecule has 3 aliphatic rings. The molecule has 242 valence electrons. The number of hydrogen-bond donors (Lipinski definition) is 4. The van der Waals surface area contributed by atoms with Gasteiger partial charge in [-0.3, -0.25) is 24.3 Å². The number of aromatic nitrogens is 2. The number of sulfonamides is 1. The van der Waals surface area contributed by atoms with Crippen LogP contribution >= 0.6 is 0 Å². The zero-order chi connectivity index (χ0) is 31.6. The molecular weight excluding hydrogens is 584 g/mol. The number of rotatable bonds is 10. The van der Waals surface area contributed by atoms with Crippen molar-refractivity contribution in [2.45, 2.75) is 82.5 Å². The van der Waals surface area contributed by atoms with Gasteiger partial charge in [-0.15, -0.1) is 0 Å². The molecular formula is C31H46N6O6S. The topological polar surface area (TPSA) is 157 Å². The minimum absolute atomic E-state index is 0.000562. The fourth-order valence-corrected chi connectivity index (χ4v) is 8.01. The smallest absolute Gasteiger partial charge is 0.248 e. The van der Waals surface area contributed by atoms with Crippen molar-refractivity contribution in [3.63, 3.8) is 0 Å². The number of piperazine rings is 1. The van der Waals surface area contributed by atoms with Crippen LogP contribution in [-0.4, -0.2) is 103 Å². The van der Waals surface area contributed by atoms with Crippen LogP contribution in [0.2, 0.25) is 0 Å². The van der Waals surface area contributed by atoms with Crippen LogP contribution in [0.25, 0.3) is 0 Å². The first kappa shape index (κ1) is 32.4. The maximum atomic E-state index is 14.0. The molecule has 5 rings (SSSR count). The molecule has 3 atom stereocenters. The summed E-state index contributed by atoms with van der Waals surface area (Å²) >= 11 is 0. The first-order valence-corrected chi connectivity index (χ1v) is 17.5. The molecule has 2 aromatic rings. The highest BCUT2D eigenvalue weighted by Crippen LogP contribution is 2.40. The normalized spacial score (nSPS) is 23.0. The van der Waals surface area contributed by atoms with Crippen molar-refractivity contribution in [2.24, 2.45) is 5.92 Å². The molecule has 3 heterocycles. The van der Waals surface area contributed by atoms with Crippen molar-refractivity contribution in [1.29, 1.82) is 0 Å². The summed E-state index contributed by atoms with van der Waals surface area (Å²) in [4.78, 5) is 32.0. The molecule has 2 saturated heterocycles. The number of aromatic amines is 1. The zero-order valence-electron chi connectivity index (χ0n) is 26.1. The summed E-state index contributed by atoms with van der Waals surface area (Å²) in [5, 5.41) is 21.7. The summed E-state index contributed by atoms with van der Waals surface area (Å²) in [6.07, 6.45) is 5.94. The molecule has 1 saturated carbocycles. The van der Waals surface area contributed by atoms with Gasteiger partial charge in [-0.1, -0.05) is 31.4 Å². The Kier molecular flexibility index (Phi) is 9.69. The Hall–Kier alpha value is -3.00. The number of carbonyl (C=O) groups is 2. The average molecular weight is 631 g/mol. The van der Waals surface area contributed by atoms with Crippen molar-refractivity contribution < 1.29 is 27.9 Å². The van der Waals surface area contributed by atoms with Gasteiger partial charge in [0.15, 0.2) is 0 Å². The second-order valence-corrected chi connectivity index (χ2v) is 14.4. The molecule has 1 spiro atoms. The number of nitrogens with zero attached hydrogens (tertiary/aromatic N) is 3. The lowest BCUT2D eigenvalue weighted by atomic mass is 9.77. The fourth-order valence-electron chi connectivity index (χ4n) is 7.44. The first-order chi connectivity index (χ1) is 20.9. The third kappa shape index (κ3) is 6.51. The van der Waals surface area contributed by atoms with Gasteiger partial charge < -0.3 is 20.1 Å². The Morgan fingerprint density at radius 2 is 1.77 bits per heavy atom. The number of nitrogens with one attached hydrogen (secondary N) is 3. The lowest BCUT2D eigenvalue weighted by Crippen LogP contribution is -2.75. The molecule has 44 heavy (non-hydrogen) atoms. The molecule has 2 amide bonds. The van der Waals surface area contributed by atoms with E-state index in [0.717, 1.165) is 60.9 Å². The van der Waals surface area contributed by atoms with E-state index in [-0.39, 0.29) is 30.3 Å². The second-order valence-electron chi connectivity index (χ2n) is 12.6. The third-order valence-electron chi connectivity index (χ3n) is 9.73. The number of methoxy groups -OCH3 is 1. The summed E-state index contributed by atoms with van der Waals surface area (Å²) in [7, 11) is -1.83. The molecule has 1 unspecified atom stereocenters. The van der Waals surface area contributed by atoms with Gasteiger partial charge in [-0.05, 0) is 63.1 Å². The number of hydrogen-bond acceptors (Lipinski definition) is 8. The maximum Gasteiger partial charge on any atom is 0.248 e. The van der Waals surface area contributed by atoms with Gasteiger partial charge in [0.1, 0.15) is 11.6 Å². The second kappa shape index (κ2) is 13.2. The monoisotopic (exact) mass is 630 g/mol. The molecule has 1 aromatic heterocycles. The van der Waals surface area contributed by atoms with Crippen LogP contribution in [0.4, 0.5) is 5.69 Å². The minimum atomic E-state index is -3.41. The summed E-state index contributed by atoms with van der Waals surface area (Å²) < 4.78 is 31.4. The van der Waals surface area contributed by atoms with Gasteiger partial charge in [0, 0.05) is 43.7 Å². The van der Waals surface area contributed by atoms with Gasteiger partial charge in [-0.25, -0.2) is 8.42 Å². The average Bonchev–Trinajstić information content (AvgIpc) is 3.33. The van der Waals surface area contributed by atoms with E-state index in [4.69, 9.17) is 4.74 Å². The highest BCUT2D eigenvalue weighted by atomic mass is 32.2. The number of carbonyl (C=O) groups excluding carboxylic acids is 2. The van der Waals surface area contributed by atoms with E-state index in [1.807, 2.05) is 26.0 Å². The van der Waals surface area contributed by atoms with Gasteiger partial charge >= 0.3 is 0 Å². The van der Waals surface area contributed by atoms with Crippen LogP contribution < -0.4 is 10.0 Å². The molecule has 0 bridgehead atoms. The highest BCUT2D eigenvalue weighted by molar-refractivity contribution is 7.92. The van der Waals surface area contributed by atoms with E-state index in [1.54, 1.807) is 24.1 Å². The van der Waals surface area contributed by atoms with Crippen molar-refractivity contribution in [3.8, 4) is 0 Å². The van der Waals surface area contributed by atoms with Crippen LogP contribution in [0.1, 0.15) is 73.5 Å². The van der Waals surface area contributed by atoms with Crippen LogP contribution in [0.3, 0.4) is 0 Å². The lowest BCUT2D eigenvalue weighted by Gasteiger charge is -2.53. The van der Waals surface area contributed by atoms with Gasteiger partial charge in [0.05, 0.1) is 30.7 Å². The molecule has 13 heteroatoms. The van der Waals surface area contributed by atoms with E-state index >= 15 is 0 Å². The number of H-pyrrole nitrogens is 1. The fraction of sp³-hybridized carbons (Fsp3) is 0.645. The van der Waals surface area contributed by atoms with E-state index in [9.17, 15) is 23.1 Å². The zero-order valence-corrected chi connectivity index (χ0v) is 27.0. The maximum absolute atomic E-state index is 14.0. The molecule has 12 nitrogen and oxygen atoms in total. The lowest BCUT2D eigenvalue weighted by molar-refractivity contribution is -0.167. The summed E-state index contributed by atoms with van der Waals surface area (Å²) in [6, 6.07) is 6.16. The number of ether oxygens (including phenoxy) is 1. The number of likely N-dealkylation sites (tertiary alicyclic amines) is 1. The predicted molar refractivity (Wildman–Crippen MR) is 166 cm³/mol. The Morgan fingerprint density at radius 3 is 2.34 bits per heavy atom. The Labute approximate surface area is 260 Å². The number of piperidine rings is 1. The van der Waals surface area contributed by atoms with E-state index in [1.165, 1.54) is 0 Å². The number of aryl methyl sites for hydroxylation is 2. The van der Waals surface area contributed by atoms with E-state index in [0.29, 0.717) is 38.2 Å². The molecule has 2 aliphatic heterocycles. The van der Waals surface area contributed by atoms with Crippen LogP contribution in [0.5, 0.6) is 0 Å². The van der Waals surface area contributed by atoms with Gasteiger partial charge in [0.25, 0.3) is 0 Å². The number of amides is 2. The van der Waals surface area contributed by atoms with Crippen LogP contribution in [0.15, 0.2) is 24.3 Å². The number of aliphatic hydroxyl groups is 1. The Bertz CT molecular complexity index is 1410. The third-order valence-corrected chi connectivity index (χ3v) is 10.3. The van der Waals surface area contributed by atoms with Crippen molar-refractivity contribution in [3.05, 3.63) is 46.8 Å². The van der Waals surface area contributed by atoms with Crippen LogP contribution in [0, 0.1) is 19.8 Å². The predicted octanol–water partition coefficient (Wildman–Crippen LogP) is 2.24. The number of anilines is 1. The van der Waals surface area contributed by atoms with Crippen molar-refractivity contribution >= 4 is 27.5 Å². The van der Waals surface area contributed by atoms with Gasteiger partial charge in [-0.2, -0.15) is 5.10 Å². The Morgan fingerprint density at radius 1 is 1.11 bits per heavy atom. The summed E-state index contributed by atoms with van der Waals surface area (Å²) in [5.41, 5.74) is 3.22. The summed E-state index contributed by atoms with van der Waals surface area (Å²) in [5.74, 6) is -0.448. The van der Waals surface area contributed by atoms with E-state index in [2.05, 4.69) is 25.1 Å². The molecule has 3 fully saturated rings. The SMILES string of the molecule is COCCN1C(=O)[C@@H]([C@H](O)C2CCCCC2)NC(=O)C12CCN(C(c1ccc(NS(C)(=O)=O)cc1)c1c(C)n[nH]c1C)CC2. The molecule has 1 aromatic carbocycles. The largest absolute Gasteiger partial charge is 0.390 e. The van der Waals surface area contributed by atoms with Crippen molar-refractivity contribution in [2.75, 3.05) is 44.3 Å². The molecule has 1 aliphatic carbocycles. The highest BCUT2D eigenvalue weighted by Gasteiger charge is 2.55. The standard InChI is InChI=1S/C31H46N6O6S/c1-20-25(21(2)34-33-20)27(22-10-12-24(13-11-22)35-44(4,41)42)36-16-14-31(15-17-36)30(40)32-26(29(39)37(31)18-19-43-3)28(38)23-8-6-5-7-9-23/h10-13,23,26-28,35,38H,5-9,14-19H2,1-4H3,(H,32,40)(H,33,34)/t26-,27?,28-/m1/s1. The minimum Gasteiger partial charge on any atom is -0.390 e. The quantitative estimate of drug-likeness (QED) is 0.311. The molecule has 4 N–H and O–H groups in total. The number of benzene rings is 1.